The predicted molar refractivity (Wildman–Crippen MR) is 123 cm³/mol. The van der Waals surface area contributed by atoms with Gasteiger partial charge in [0.1, 0.15) is 23.6 Å². The third-order valence-corrected chi connectivity index (χ3v) is 6.24. The number of alkyl halides is 4. The Morgan fingerprint density at radius 3 is 2.57 bits per heavy atom. The van der Waals surface area contributed by atoms with Crippen LogP contribution in [0.3, 0.4) is 0 Å². The predicted octanol–water partition coefficient (Wildman–Crippen LogP) is 5.54. The van der Waals surface area contributed by atoms with E-state index in [0.717, 1.165) is 0 Å². The number of hydrogen-bond donors (Lipinski definition) is 1. The lowest BCUT2D eigenvalue weighted by Crippen LogP contribution is -2.45. The molecule has 0 radical (unpaired) electrons. The van der Waals surface area contributed by atoms with Gasteiger partial charge in [-0.1, -0.05) is 12.1 Å². The van der Waals surface area contributed by atoms with E-state index in [1.54, 1.807) is 26.8 Å². The maximum Gasteiger partial charge on any atom is 0.419 e. The van der Waals surface area contributed by atoms with Crippen LogP contribution in [-0.2, 0) is 10.9 Å². The molecule has 1 N–H and O–H groups in total. The second-order valence-corrected chi connectivity index (χ2v) is 8.68. The highest BCUT2D eigenvalue weighted by Gasteiger charge is 2.35. The van der Waals surface area contributed by atoms with Crippen LogP contribution in [0.4, 0.5) is 33.5 Å². The molecule has 1 fully saturated rings. The first-order valence-corrected chi connectivity index (χ1v) is 11.2. The number of methoxy groups -OCH3 is 1. The average Bonchev–Trinajstić information content (AvgIpc) is 2.77. The Morgan fingerprint density at radius 1 is 1.17 bits per heavy atom. The first-order valence-electron chi connectivity index (χ1n) is 11.2. The third-order valence-electron chi connectivity index (χ3n) is 6.24. The number of aryl methyl sites for hydroxylation is 2. The molecule has 3 atom stereocenters. The van der Waals surface area contributed by atoms with Gasteiger partial charge in [-0.15, -0.1) is 0 Å². The van der Waals surface area contributed by atoms with E-state index in [0.29, 0.717) is 53.1 Å². The highest BCUT2D eigenvalue weighted by atomic mass is 19.4. The molecule has 3 heterocycles. The van der Waals surface area contributed by atoms with Gasteiger partial charge in [-0.2, -0.15) is 13.2 Å². The maximum absolute atomic E-state index is 14.7. The van der Waals surface area contributed by atoms with Crippen LogP contribution >= 0.6 is 0 Å². The van der Waals surface area contributed by atoms with Gasteiger partial charge in [-0.3, -0.25) is 0 Å². The van der Waals surface area contributed by atoms with Gasteiger partial charge >= 0.3 is 6.18 Å². The van der Waals surface area contributed by atoms with Crippen LogP contribution in [0.25, 0.3) is 11.0 Å². The van der Waals surface area contributed by atoms with Gasteiger partial charge in [-0.25, -0.2) is 23.7 Å². The fraction of sp³-hybridized carbons (Fsp3) is 0.458. The van der Waals surface area contributed by atoms with Crippen molar-refractivity contribution >= 4 is 22.5 Å². The van der Waals surface area contributed by atoms with E-state index in [2.05, 4.69) is 20.3 Å². The SMILES string of the molecule is CO[C@H]1CCN(c2cc3c(N[C@H](C)c4cccc(C(F)(F)F)c4F)nc(C)nc3nc2C)C[C@H]1F. The molecular formula is C24H26F5N5O. The number of pyridine rings is 1. The van der Waals surface area contributed by atoms with E-state index in [9.17, 15) is 22.0 Å². The molecule has 0 amide bonds. The average molecular weight is 495 g/mol. The molecule has 0 aliphatic carbocycles. The zero-order chi connectivity index (χ0) is 25.5. The van der Waals surface area contributed by atoms with Crippen molar-refractivity contribution in [2.24, 2.45) is 0 Å². The number of rotatable bonds is 5. The van der Waals surface area contributed by atoms with Gasteiger partial charge in [0.15, 0.2) is 5.65 Å². The topological polar surface area (TPSA) is 63.2 Å². The Morgan fingerprint density at radius 2 is 1.91 bits per heavy atom. The van der Waals surface area contributed by atoms with E-state index in [1.165, 1.54) is 19.2 Å². The summed E-state index contributed by atoms with van der Waals surface area (Å²) >= 11 is 0. The molecule has 0 saturated carbocycles. The number of ether oxygens (including phenoxy) is 1. The van der Waals surface area contributed by atoms with Crippen LogP contribution in [0, 0.1) is 19.7 Å². The highest BCUT2D eigenvalue weighted by molar-refractivity contribution is 5.90. The first-order chi connectivity index (χ1) is 16.5. The smallest absolute Gasteiger partial charge is 0.378 e. The fourth-order valence-electron chi connectivity index (χ4n) is 4.43. The van der Waals surface area contributed by atoms with Crippen molar-refractivity contribution in [1.29, 1.82) is 0 Å². The monoisotopic (exact) mass is 495 g/mol. The second-order valence-electron chi connectivity index (χ2n) is 8.68. The number of benzene rings is 1. The molecule has 0 bridgehead atoms. The zero-order valence-electron chi connectivity index (χ0n) is 19.7. The Bertz CT molecular complexity index is 1240. The summed E-state index contributed by atoms with van der Waals surface area (Å²) in [6, 6.07) is 4.12. The van der Waals surface area contributed by atoms with E-state index in [-0.39, 0.29) is 12.1 Å². The van der Waals surface area contributed by atoms with Crippen LogP contribution in [0.1, 0.15) is 42.0 Å². The summed E-state index contributed by atoms with van der Waals surface area (Å²) in [7, 11) is 1.49. The van der Waals surface area contributed by atoms with Crippen LogP contribution in [-0.4, -0.2) is 47.4 Å². The number of piperidine rings is 1. The van der Waals surface area contributed by atoms with Crippen molar-refractivity contribution in [3.05, 3.63) is 52.7 Å². The quantitative estimate of drug-likeness (QED) is 0.470. The molecule has 11 heteroatoms. The molecule has 0 unspecified atom stereocenters. The molecule has 35 heavy (non-hydrogen) atoms. The summed E-state index contributed by atoms with van der Waals surface area (Å²) in [6.07, 6.45) is -5.93. The Kier molecular flexibility index (Phi) is 6.81. The summed E-state index contributed by atoms with van der Waals surface area (Å²) < 4.78 is 74.0. The normalized spacial score (nSPS) is 19.7. The standard InChI is InChI=1S/C24H26F5N5O/c1-12(15-6-5-7-17(21(15)26)24(27,28)29)30-22-16-10-19(13(2)31-23(16)33-14(3)32-22)34-9-8-20(35-4)18(25)11-34/h5-7,10,12,18,20H,8-9,11H2,1-4H3,(H,30,31,32,33)/t12-,18-,20+/m1/s1. The van der Waals surface area contributed by atoms with Crippen molar-refractivity contribution < 1.29 is 26.7 Å². The number of anilines is 2. The minimum absolute atomic E-state index is 0.133. The van der Waals surface area contributed by atoms with Gasteiger partial charge in [0.05, 0.1) is 41.0 Å². The summed E-state index contributed by atoms with van der Waals surface area (Å²) in [4.78, 5) is 15.2. The van der Waals surface area contributed by atoms with E-state index in [1.807, 2.05) is 4.90 Å². The number of nitrogens with zero attached hydrogens (tertiary/aromatic N) is 4. The highest BCUT2D eigenvalue weighted by Crippen LogP contribution is 2.36. The van der Waals surface area contributed by atoms with E-state index >= 15 is 0 Å². The number of halogens is 5. The van der Waals surface area contributed by atoms with Crippen LogP contribution in [0.15, 0.2) is 24.3 Å². The van der Waals surface area contributed by atoms with E-state index < -0.39 is 35.9 Å². The molecular weight excluding hydrogens is 469 g/mol. The number of hydrogen-bond acceptors (Lipinski definition) is 6. The lowest BCUT2D eigenvalue weighted by atomic mass is 10.0. The molecule has 4 rings (SSSR count). The maximum atomic E-state index is 14.7. The minimum Gasteiger partial charge on any atom is -0.378 e. The summed E-state index contributed by atoms with van der Waals surface area (Å²) in [5.41, 5.74) is 0.255. The summed E-state index contributed by atoms with van der Waals surface area (Å²) in [5.74, 6) is -0.644. The van der Waals surface area contributed by atoms with Gasteiger partial charge in [0.2, 0.25) is 0 Å². The summed E-state index contributed by atoms with van der Waals surface area (Å²) in [5, 5.41) is 3.52. The zero-order valence-corrected chi connectivity index (χ0v) is 19.7. The molecule has 3 aromatic rings. The van der Waals surface area contributed by atoms with Crippen LogP contribution in [0.2, 0.25) is 0 Å². The number of aromatic nitrogens is 3. The summed E-state index contributed by atoms with van der Waals surface area (Å²) in [6.45, 7) is 5.71. The Labute approximate surface area is 199 Å². The van der Waals surface area contributed by atoms with E-state index in [4.69, 9.17) is 4.74 Å². The lowest BCUT2D eigenvalue weighted by molar-refractivity contribution is -0.140. The number of fused-ring (bicyclic) bond motifs is 1. The van der Waals surface area contributed by atoms with Crippen molar-refractivity contribution in [3.63, 3.8) is 0 Å². The largest absolute Gasteiger partial charge is 0.419 e. The van der Waals surface area contributed by atoms with Crippen molar-refractivity contribution in [1.82, 2.24) is 15.0 Å². The van der Waals surface area contributed by atoms with Gasteiger partial charge in [0, 0.05) is 19.2 Å². The fourth-order valence-corrected chi connectivity index (χ4v) is 4.43. The third kappa shape index (κ3) is 5.00. The van der Waals surface area contributed by atoms with Crippen molar-refractivity contribution in [2.75, 3.05) is 30.4 Å². The van der Waals surface area contributed by atoms with Gasteiger partial charge < -0.3 is 15.0 Å². The lowest BCUT2D eigenvalue weighted by Gasteiger charge is -2.36. The molecule has 1 saturated heterocycles. The second kappa shape index (κ2) is 9.52. The molecule has 188 valence electrons. The van der Waals surface area contributed by atoms with Gasteiger partial charge in [-0.05, 0) is 39.3 Å². The molecule has 1 aromatic carbocycles. The van der Waals surface area contributed by atoms with Crippen molar-refractivity contribution in [3.8, 4) is 0 Å². The first kappa shape index (κ1) is 25.0. The molecule has 2 aromatic heterocycles. The molecule has 1 aliphatic rings. The minimum atomic E-state index is -4.81. The van der Waals surface area contributed by atoms with Gasteiger partial charge in [0.25, 0.3) is 0 Å². The number of nitrogens with one attached hydrogen (secondary N) is 1. The molecule has 6 nitrogen and oxygen atoms in total. The molecule has 0 spiro atoms. The van der Waals surface area contributed by atoms with Crippen LogP contribution in [0.5, 0.6) is 0 Å². The Balaban J connectivity index is 1.71. The molecule has 1 aliphatic heterocycles. The Hall–Kier alpha value is -3.08. The van der Waals surface area contributed by atoms with Crippen molar-refractivity contribution in [2.45, 2.75) is 51.7 Å². The van der Waals surface area contributed by atoms with Crippen LogP contribution < -0.4 is 10.2 Å².